The Morgan fingerprint density at radius 2 is 1.78 bits per heavy atom. The number of hydrogen-bond donors (Lipinski definition) is 3. The van der Waals surface area contributed by atoms with Crippen LogP contribution in [-0.2, 0) is 9.47 Å². The van der Waals surface area contributed by atoms with E-state index in [4.69, 9.17) is 9.47 Å². The molecule has 1 rings (SSSR count). The first-order chi connectivity index (χ1) is 12.3. The highest BCUT2D eigenvalue weighted by molar-refractivity contribution is 14.0. The van der Waals surface area contributed by atoms with Crippen molar-refractivity contribution in [3.05, 3.63) is 0 Å². The molecule has 0 bridgehead atoms. The molecule has 1 heterocycles. The van der Waals surface area contributed by atoms with E-state index >= 15 is 0 Å². The third kappa shape index (κ3) is 13.1. The second-order valence-electron chi connectivity index (χ2n) is 7.59. The number of methoxy groups -OCH3 is 1. The molecule has 1 fully saturated rings. The maximum absolute atomic E-state index is 11.6. The molecule has 9 heteroatoms. The number of alkyl carbamates (subject to hydrolysis) is 1. The third-order valence-corrected chi connectivity index (χ3v) is 4.19. The van der Waals surface area contributed by atoms with E-state index in [1.807, 2.05) is 20.8 Å². The van der Waals surface area contributed by atoms with E-state index in [9.17, 15) is 4.79 Å². The highest BCUT2D eigenvalue weighted by atomic mass is 127. The van der Waals surface area contributed by atoms with Crippen molar-refractivity contribution < 1.29 is 14.3 Å². The van der Waals surface area contributed by atoms with Crippen LogP contribution in [0.3, 0.4) is 0 Å². The van der Waals surface area contributed by atoms with Crippen LogP contribution in [0.15, 0.2) is 4.99 Å². The summed E-state index contributed by atoms with van der Waals surface area (Å²) in [4.78, 5) is 18.3. The number of piperidine rings is 1. The lowest BCUT2D eigenvalue weighted by Gasteiger charge is -2.32. The summed E-state index contributed by atoms with van der Waals surface area (Å²) in [5.74, 6) is 1.42. The van der Waals surface area contributed by atoms with E-state index in [1.54, 1.807) is 14.2 Å². The van der Waals surface area contributed by atoms with Gasteiger partial charge in [0.05, 0.1) is 6.61 Å². The number of amides is 1. The number of ether oxygens (including phenoxy) is 2. The fourth-order valence-electron chi connectivity index (χ4n) is 2.76. The van der Waals surface area contributed by atoms with E-state index in [0.29, 0.717) is 19.0 Å². The number of guanidine groups is 1. The Bertz CT molecular complexity index is 435. The smallest absolute Gasteiger partial charge is 0.407 e. The zero-order valence-corrected chi connectivity index (χ0v) is 19.8. The van der Waals surface area contributed by atoms with Crippen molar-refractivity contribution in [2.45, 2.75) is 39.2 Å². The number of nitrogens with one attached hydrogen (secondary N) is 3. The van der Waals surface area contributed by atoms with Gasteiger partial charge in [-0.15, -0.1) is 24.0 Å². The number of likely N-dealkylation sites (tertiary alicyclic amines) is 1. The van der Waals surface area contributed by atoms with Crippen LogP contribution in [0, 0.1) is 5.92 Å². The minimum absolute atomic E-state index is 0. The summed E-state index contributed by atoms with van der Waals surface area (Å²) < 4.78 is 10.3. The summed E-state index contributed by atoms with van der Waals surface area (Å²) in [6, 6.07) is 0. The molecule has 1 saturated heterocycles. The number of carbonyl (C=O) groups excluding carboxylic acids is 1. The summed E-state index contributed by atoms with van der Waals surface area (Å²) in [6.07, 6.45) is 1.98. The topological polar surface area (TPSA) is 87.2 Å². The number of aliphatic imine (C=N–C) groups is 1. The van der Waals surface area contributed by atoms with E-state index in [-0.39, 0.29) is 24.0 Å². The Morgan fingerprint density at radius 3 is 2.33 bits per heavy atom. The lowest BCUT2D eigenvalue weighted by atomic mass is 9.97. The van der Waals surface area contributed by atoms with Gasteiger partial charge in [0.1, 0.15) is 5.60 Å². The predicted octanol–water partition coefficient (Wildman–Crippen LogP) is 1.65. The second-order valence-corrected chi connectivity index (χ2v) is 7.59. The standard InChI is InChI=1S/C18H37N5O3.HI/c1-18(2,3)26-17(24)21-9-8-20-16(19-4)22-14-15-6-10-23(11-7-15)12-13-25-5;/h15H,6-14H2,1-5H3,(H,21,24)(H2,19,20,22);1H. The Labute approximate surface area is 181 Å². The lowest BCUT2D eigenvalue weighted by molar-refractivity contribution is 0.0529. The molecule has 1 aliphatic heterocycles. The number of rotatable bonds is 8. The van der Waals surface area contributed by atoms with Gasteiger partial charge in [-0.25, -0.2) is 4.79 Å². The van der Waals surface area contributed by atoms with E-state index in [0.717, 1.165) is 38.7 Å². The van der Waals surface area contributed by atoms with Gasteiger partial charge in [-0.2, -0.15) is 0 Å². The van der Waals surface area contributed by atoms with Crippen LogP contribution in [0.5, 0.6) is 0 Å². The maximum atomic E-state index is 11.6. The molecule has 160 valence electrons. The van der Waals surface area contributed by atoms with Crippen molar-refractivity contribution >= 4 is 36.0 Å². The molecule has 1 aliphatic rings. The van der Waals surface area contributed by atoms with Crippen molar-refractivity contribution in [2.24, 2.45) is 10.9 Å². The van der Waals surface area contributed by atoms with Crippen LogP contribution < -0.4 is 16.0 Å². The molecule has 27 heavy (non-hydrogen) atoms. The molecule has 0 saturated carbocycles. The number of hydrogen-bond acceptors (Lipinski definition) is 5. The lowest BCUT2D eigenvalue weighted by Crippen LogP contribution is -2.45. The summed E-state index contributed by atoms with van der Waals surface area (Å²) in [7, 11) is 3.50. The van der Waals surface area contributed by atoms with Crippen LogP contribution in [0.25, 0.3) is 0 Å². The van der Waals surface area contributed by atoms with Gasteiger partial charge in [-0.3, -0.25) is 4.99 Å². The first-order valence-corrected chi connectivity index (χ1v) is 9.46. The largest absolute Gasteiger partial charge is 0.444 e. The Balaban J connectivity index is 0.00000676. The van der Waals surface area contributed by atoms with Crippen molar-refractivity contribution in [3.8, 4) is 0 Å². The first kappa shape index (κ1) is 26.2. The Kier molecular flexibility index (Phi) is 13.8. The molecule has 0 unspecified atom stereocenters. The van der Waals surface area contributed by atoms with Crippen LogP contribution in [0.1, 0.15) is 33.6 Å². The van der Waals surface area contributed by atoms with Crippen LogP contribution in [-0.4, -0.2) is 82.6 Å². The monoisotopic (exact) mass is 499 g/mol. The Morgan fingerprint density at radius 1 is 1.15 bits per heavy atom. The predicted molar refractivity (Wildman–Crippen MR) is 120 cm³/mol. The normalized spacial score (nSPS) is 16.4. The zero-order valence-electron chi connectivity index (χ0n) is 17.5. The molecule has 0 aromatic rings. The van der Waals surface area contributed by atoms with Gasteiger partial charge in [0.15, 0.2) is 5.96 Å². The molecule has 0 aromatic carbocycles. The van der Waals surface area contributed by atoms with Crippen LogP contribution in [0.2, 0.25) is 0 Å². The highest BCUT2D eigenvalue weighted by Crippen LogP contribution is 2.15. The molecule has 0 atom stereocenters. The van der Waals surface area contributed by atoms with Crippen molar-refractivity contribution in [1.29, 1.82) is 0 Å². The van der Waals surface area contributed by atoms with Gasteiger partial charge in [0, 0.05) is 40.3 Å². The molecule has 0 radical (unpaired) electrons. The summed E-state index contributed by atoms with van der Waals surface area (Å²) in [5, 5.41) is 9.30. The number of carbonyl (C=O) groups is 1. The fraction of sp³-hybridized carbons (Fsp3) is 0.889. The highest BCUT2D eigenvalue weighted by Gasteiger charge is 2.19. The first-order valence-electron chi connectivity index (χ1n) is 9.46. The average molecular weight is 499 g/mol. The molecule has 8 nitrogen and oxygen atoms in total. The van der Waals surface area contributed by atoms with E-state index in [2.05, 4.69) is 25.8 Å². The summed E-state index contributed by atoms with van der Waals surface area (Å²) in [5.41, 5.74) is -0.478. The maximum Gasteiger partial charge on any atom is 0.407 e. The Hall–Kier alpha value is -0.810. The molecular weight excluding hydrogens is 461 g/mol. The van der Waals surface area contributed by atoms with Crippen LogP contribution >= 0.6 is 24.0 Å². The molecule has 1 amide bonds. The van der Waals surface area contributed by atoms with Gasteiger partial charge in [-0.05, 0) is 52.6 Å². The minimum atomic E-state index is -0.478. The molecule has 0 aromatic heterocycles. The molecule has 0 aliphatic carbocycles. The average Bonchev–Trinajstić information content (AvgIpc) is 2.58. The molecule has 3 N–H and O–H groups in total. The summed E-state index contributed by atoms with van der Waals surface area (Å²) >= 11 is 0. The van der Waals surface area contributed by atoms with E-state index < -0.39 is 11.7 Å². The van der Waals surface area contributed by atoms with Gasteiger partial charge in [0.25, 0.3) is 0 Å². The second kappa shape index (κ2) is 14.2. The minimum Gasteiger partial charge on any atom is -0.444 e. The SMILES string of the molecule is CN=C(NCCNC(=O)OC(C)(C)C)NCC1CCN(CCOC)CC1.I. The van der Waals surface area contributed by atoms with Gasteiger partial charge in [0.2, 0.25) is 0 Å². The van der Waals surface area contributed by atoms with Crippen molar-refractivity contribution in [1.82, 2.24) is 20.9 Å². The van der Waals surface area contributed by atoms with Crippen LogP contribution in [0.4, 0.5) is 4.79 Å². The van der Waals surface area contributed by atoms with Gasteiger partial charge >= 0.3 is 6.09 Å². The van der Waals surface area contributed by atoms with Gasteiger partial charge < -0.3 is 30.3 Å². The number of halogens is 1. The van der Waals surface area contributed by atoms with Gasteiger partial charge in [-0.1, -0.05) is 0 Å². The molecule has 0 spiro atoms. The van der Waals surface area contributed by atoms with E-state index in [1.165, 1.54) is 12.8 Å². The molecular formula is C18H38IN5O3. The fourth-order valence-corrected chi connectivity index (χ4v) is 2.76. The number of nitrogens with zero attached hydrogens (tertiary/aromatic N) is 2. The summed E-state index contributed by atoms with van der Waals surface area (Å²) in [6.45, 7) is 11.6. The zero-order chi connectivity index (χ0) is 19.4. The quantitative estimate of drug-likeness (QED) is 0.204. The van der Waals surface area contributed by atoms with Crippen molar-refractivity contribution in [2.75, 3.05) is 60.0 Å². The third-order valence-electron chi connectivity index (χ3n) is 4.19. The van der Waals surface area contributed by atoms with Crippen molar-refractivity contribution in [3.63, 3.8) is 0 Å².